The van der Waals surface area contributed by atoms with Gasteiger partial charge in [0.15, 0.2) is 0 Å². The van der Waals surface area contributed by atoms with Crippen LogP contribution in [0.4, 0.5) is 10.1 Å². The van der Waals surface area contributed by atoms with E-state index >= 15 is 0 Å². The Hall–Kier alpha value is -0.660. The van der Waals surface area contributed by atoms with Crippen LogP contribution in [0, 0.1) is 5.82 Å². The number of hydrogen-bond donors (Lipinski definition) is 1. The number of benzene rings is 1. The molecule has 0 aliphatic carbocycles. The van der Waals surface area contributed by atoms with Crippen molar-refractivity contribution < 1.29 is 12.8 Å². The van der Waals surface area contributed by atoms with Crippen molar-refractivity contribution in [1.82, 2.24) is 4.31 Å². The topological polar surface area (TPSA) is 63.4 Å². The summed E-state index contributed by atoms with van der Waals surface area (Å²) >= 11 is 3.09. The van der Waals surface area contributed by atoms with E-state index in [-0.39, 0.29) is 15.1 Å². The maximum Gasteiger partial charge on any atom is 0.244 e. The standard InChI is InChI=1S/C12H18BrFN2O2S/c1-3-5-16(6-4-2)19(17,18)12-8-11(15)10(14)7-9(12)13/h7-8H,3-6,15H2,1-2H3. The molecule has 19 heavy (non-hydrogen) atoms. The molecule has 0 unspecified atom stereocenters. The lowest BCUT2D eigenvalue weighted by Gasteiger charge is -2.22. The maximum absolute atomic E-state index is 13.3. The Kier molecular flexibility index (Phi) is 5.76. The molecule has 1 aromatic rings. The highest BCUT2D eigenvalue weighted by molar-refractivity contribution is 9.10. The predicted molar refractivity (Wildman–Crippen MR) is 77.9 cm³/mol. The van der Waals surface area contributed by atoms with Crippen molar-refractivity contribution in [3.05, 3.63) is 22.4 Å². The Morgan fingerprint density at radius 2 is 1.79 bits per heavy atom. The van der Waals surface area contributed by atoms with Crippen molar-refractivity contribution in [2.75, 3.05) is 18.8 Å². The highest BCUT2D eigenvalue weighted by atomic mass is 79.9. The normalized spacial score (nSPS) is 12.1. The molecule has 1 rings (SSSR count). The number of halogens is 2. The summed E-state index contributed by atoms with van der Waals surface area (Å²) in [5.74, 6) is -0.636. The van der Waals surface area contributed by atoms with E-state index in [4.69, 9.17) is 5.73 Å². The van der Waals surface area contributed by atoms with E-state index in [0.717, 1.165) is 12.1 Å². The van der Waals surface area contributed by atoms with E-state index in [9.17, 15) is 12.8 Å². The summed E-state index contributed by atoms with van der Waals surface area (Å²) in [4.78, 5) is 0.00769. The van der Waals surface area contributed by atoms with E-state index in [1.54, 1.807) is 0 Å². The van der Waals surface area contributed by atoms with Gasteiger partial charge in [-0.05, 0) is 40.9 Å². The first kappa shape index (κ1) is 16.4. The van der Waals surface area contributed by atoms with Gasteiger partial charge in [-0.15, -0.1) is 0 Å². The van der Waals surface area contributed by atoms with Crippen LogP contribution in [0.15, 0.2) is 21.5 Å². The number of hydrogen-bond acceptors (Lipinski definition) is 3. The van der Waals surface area contributed by atoms with Gasteiger partial charge in [0, 0.05) is 17.6 Å². The maximum atomic E-state index is 13.3. The van der Waals surface area contributed by atoms with Crippen molar-refractivity contribution in [3.63, 3.8) is 0 Å². The first-order valence-electron chi connectivity index (χ1n) is 6.09. The van der Waals surface area contributed by atoms with Gasteiger partial charge in [0.2, 0.25) is 10.0 Å². The van der Waals surface area contributed by atoms with Crippen LogP contribution in [-0.2, 0) is 10.0 Å². The van der Waals surface area contributed by atoms with Gasteiger partial charge in [-0.3, -0.25) is 0 Å². The van der Waals surface area contributed by atoms with Crippen LogP contribution in [0.3, 0.4) is 0 Å². The zero-order valence-corrected chi connectivity index (χ0v) is 13.4. The molecule has 0 aromatic heterocycles. The fraction of sp³-hybridized carbons (Fsp3) is 0.500. The van der Waals surface area contributed by atoms with Crippen molar-refractivity contribution in [3.8, 4) is 0 Å². The number of nitrogens with zero attached hydrogens (tertiary/aromatic N) is 1. The molecule has 0 bridgehead atoms. The van der Waals surface area contributed by atoms with E-state index < -0.39 is 15.8 Å². The monoisotopic (exact) mass is 352 g/mol. The second kappa shape index (κ2) is 6.67. The number of sulfonamides is 1. The third-order valence-corrected chi connectivity index (χ3v) is 5.47. The molecule has 1 aromatic carbocycles. The third-order valence-electron chi connectivity index (χ3n) is 2.62. The largest absolute Gasteiger partial charge is 0.396 e. The average Bonchev–Trinajstić information content (AvgIpc) is 2.33. The summed E-state index contributed by atoms with van der Waals surface area (Å²) in [6.45, 7) is 4.68. The number of anilines is 1. The van der Waals surface area contributed by atoms with Crippen LogP contribution in [0.2, 0.25) is 0 Å². The summed E-state index contributed by atoms with van der Waals surface area (Å²) in [6, 6.07) is 2.24. The Morgan fingerprint density at radius 1 is 1.26 bits per heavy atom. The molecule has 108 valence electrons. The van der Waals surface area contributed by atoms with E-state index in [2.05, 4.69) is 15.9 Å². The zero-order chi connectivity index (χ0) is 14.6. The molecule has 7 heteroatoms. The predicted octanol–water partition coefficient (Wildman–Crippen LogP) is 2.98. The Balaban J connectivity index is 3.28. The van der Waals surface area contributed by atoms with E-state index in [1.165, 1.54) is 4.31 Å². The van der Waals surface area contributed by atoms with Gasteiger partial charge in [0.1, 0.15) is 5.82 Å². The number of nitrogen functional groups attached to an aromatic ring is 1. The van der Waals surface area contributed by atoms with E-state index in [0.29, 0.717) is 25.9 Å². The summed E-state index contributed by atoms with van der Waals surface area (Å²) in [7, 11) is -3.66. The minimum Gasteiger partial charge on any atom is -0.396 e. The SMILES string of the molecule is CCCN(CCC)S(=O)(=O)c1cc(N)c(F)cc1Br. The van der Waals surface area contributed by atoms with Crippen LogP contribution >= 0.6 is 15.9 Å². The van der Waals surface area contributed by atoms with Gasteiger partial charge < -0.3 is 5.73 Å². The number of rotatable bonds is 6. The minimum absolute atomic E-state index is 0.00769. The average molecular weight is 353 g/mol. The fourth-order valence-electron chi connectivity index (χ4n) is 1.73. The molecule has 0 saturated heterocycles. The lowest BCUT2D eigenvalue weighted by Crippen LogP contribution is -2.32. The quantitative estimate of drug-likeness (QED) is 0.800. The van der Waals surface area contributed by atoms with Crippen LogP contribution in [-0.4, -0.2) is 25.8 Å². The molecule has 0 aliphatic rings. The molecule has 0 heterocycles. The summed E-state index contributed by atoms with van der Waals surface area (Å²) in [6.07, 6.45) is 1.43. The molecule has 0 fully saturated rings. The highest BCUT2D eigenvalue weighted by Gasteiger charge is 2.26. The van der Waals surface area contributed by atoms with Crippen LogP contribution < -0.4 is 5.73 Å². The molecule has 0 saturated carbocycles. The second-order valence-electron chi connectivity index (χ2n) is 4.21. The lowest BCUT2D eigenvalue weighted by atomic mass is 10.3. The first-order valence-corrected chi connectivity index (χ1v) is 8.32. The lowest BCUT2D eigenvalue weighted by molar-refractivity contribution is 0.409. The first-order chi connectivity index (χ1) is 8.84. The Morgan fingerprint density at radius 3 is 2.26 bits per heavy atom. The molecule has 0 aliphatic heterocycles. The van der Waals surface area contributed by atoms with Gasteiger partial charge >= 0.3 is 0 Å². The Bertz CT molecular complexity index is 543. The van der Waals surface area contributed by atoms with Gasteiger partial charge in [-0.2, -0.15) is 4.31 Å². The highest BCUT2D eigenvalue weighted by Crippen LogP contribution is 2.29. The van der Waals surface area contributed by atoms with Crippen molar-refractivity contribution in [1.29, 1.82) is 0 Å². The van der Waals surface area contributed by atoms with Gasteiger partial charge in [0.05, 0.1) is 10.6 Å². The van der Waals surface area contributed by atoms with Crippen LogP contribution in [0.1, 0.15) is 26.7 Å². The minimum atomic E-state index is -3.66. The molecule has 4 nitrogen and oxygen atoms in total. The van der Waals surface area contributed by atoms with Gasteiger partial charge in [0.25, 0.3) is 0 Å². The van der Waals surface area contributed by atoms with Crippen molar-refractivity contribution in [2.45, 2.75) is 31.6 Å². The molecular formula is C12H18BrFN2O2S. The second-order valence-corrected chi connectivity index (χ2v) is 6.97. The summed E-state index contributed by atoms with van der Waals surface area (Å²) in [5.41, 5.74) is 5.28. The zero-order valence-electron chi connectivity index (χ0n) is 11.0. The number of nitrogens with two attached hydrogens (primary N) is 1. The van der Waals surface area contributed by atoms with Gasteiger partial charge in [-0.1, -0.05) is 13.8 Å². The molecule has 0 spiro atoms. The van der Waals surface area contributed by atoms with Crippen LogP contribution in [0.25, 0.3) is 0 Å². The van der Waals surface area contributed by atoms with Crippen LogP contribution in [0.5, 0.6) is 0 Å². The molecule has 0 amide bonds. The van der Waals surface area contributed by atoms with E-state index in [1.807, 2.05) is 13.8 Å². The summed E-state index contributed by atoms with van der Waals surface area (Å²) in [5, 5.41) is 0. The van der Waals surface area contributed by atoms with Crippen molar-refractivity contribution in [2.24, 2.45) is 0 Å². The Labute approximate surface area is 122 Å². The molecule has 0 radical (unpaired) electrons. The third kappa shape index (κ3) is 3.67. The molecular weight excluding hydrogens is 335 g/mol. The smallest absolute Gasteiger partial charge is 0.244 e. The fourth-order valence-corrected chi connectivity index (χ4v) is 4.37. The molecule has 2 N–H and O–H groups in total. The summed E-state index contributed by atoms with van der Waals surface area (Å²) < 4.78 is 39.9. The van der Waals surface area contributed by atoms with Gasteiger partial charge in [-0.25, -0.2) is 12.8 Å². The molecule has 0 atom stereocenters. The van der Waals surface area contributed by atoms with Crippen molar-refractivity contribution >= 4 is 31.6 Å².